The minimum absolute atomic E-state index is 0.0519. The SMILES string of the molecule is CSc1nccc(C(C=O)c2cccc([N+](=O)[O-])c2Cl)n1. The Bertz CT molecular complexity index is 696. The molecule has 0 bridgehead atoms. The summed E-state index contributed by atoms with van der Waals surface area (Å²) in [6.07, 6.45) is 4.02. The van der Waals surface area contributed by atoms with Crippen LogP contribution in [0.25, 0.3) is 0 Å². The van der Waals surface area contributed by atoms with Gasteiger partial charge in [0.1, 0.15) is 11.3 Å². The monoisotopic (exact) mass is 323 g/mol. The lowest BCUT2D eigenvalue weighted by molar-refractivity contribution is -0.384. The number of nitro benzene ring substituents is 1. The van der Waals surface area contributed by atoms with E-state index in [2.05, 4.69) is 9.97 Å². The van der Waals surface area contributed by atoms with Gasteiger partial charge in [-0.1, -0.05) is 35.5 Å². The van der Waals surface area contributed by atoms with Gasteiger partial charge in [-0.3, -0.25) is 10.1 Å². The van der Waals surface area contributed by atoms with Crippen molar-refractivity contribution in [3.8, 4) is 0 Å². The highest BCUT2D eigenvalue weighted by Gasteiger charge is 2.23. The minimum Gasteiger partial charge on any atom is -0.302 e. The number of carbonyl (C=O) groups excluding carboxylic acids is 1. The van der Waals surface area contributed by atoms with Crippen molar-refractivity contribution in [3.63, 3.8) is 0 Å². The predicted molar refractivity (Wildman–Crippen MR) is 79.8 cm³/mol. The largest absolute Gasteiger partial charge is 0.302 e. The molecule has 0 saturated carbocycles. The maximum absolute atomic E-state index is 11.4. The van der Waals surface area contributed by atoms with Gasteiger partial charge in [0.05, 0.1) is 16.5 Å². The Morgan fingerprint density at radius 3 is 2.81 bits per heavy atom. The van der Waals surface area contributed by atoms with Crippen LogP contribution in [0.5, 0.6) is 0 Å². The molecule has 0 fully saturated rings. The summed E-state index contributed by atoms with van der Waals surface area (Å²) in [5.41, 5.74) is 0.568. The third-order valence-corrected chi connectivity index (χ3v) is 3.81. The van der Waals surface area contributed by atoms with E-state index in [4.69, 9.17) is 11.6 Å². The number of aldehydes is 1. The molecule has 1 aromatic carbocycles. The lowest BCUT2D eigenvalue weighted by Crippen LogP contribution is -2.07. The molecule has 1 aromatic heterocycles. The Labute approximate surface area is 129 Å². The Balaban J connectivity index is 2.53. The molecule has 0 radical (unpaired) electrons. The Hall–Kier alpha value is -1.99. The molecule has 0 N–H and O–H groups in total. The predicted octanol–water partition coefficient (Wildman–Crippen LogP) is 3.09. The molecule has 1 unspecified atom stereocenters. The second kappa shape index (κ2) is 6.64. The van der Waals surface area contributed by atoms with Crippen LogP contribution in [0.1, 0.15) is 17.2 Å². The molecule has 6 nitrogen and oxygen atoms in total. The fraction of sp³-hybridized carbons (Fsp3) is 0.154. The molecule has 0 spiro atoms. The van der Waals surface area contributed by atoms with Crippen LogP contribution in [-0.4, -0.2) is 27.4 Å². The molecule has 0 saturated heterocycles. The second-order valence-electron chi connectivity index (χ2n) is 4.02. The van der Waals surface area contributed by atoms with E-state index < -0.39 is 10.8 Å². The average Bonchev–Trinajstić information content (AvgIpc) is 2.49. The third-order valence-electron chi connectivity index (χ3n) is 2.83. The van der Waals surface area contributed by atoms with E-state index in [0.29, 0.717) is 22.7 Å². The third kappa shape index (κ3) is 3.20. The zero-order valence-electron chi connectivity index (χ0n) is 10.9. The van der Waals surface area contributed by atoms with Crippen molar-refractivity contribution in [3.05, 3.63) is 56.9 Å². The Kier molecular flexibility index (Phi) is 4.87. The van der Waals surface area contributed by atoms with E-state index in [1.165, 1.54) is 30.1 Å². The van der Waals surface area contributed by atoms with E-state index in [1.807, 2.05) is 6.26 Å². The van der Waals surface area contributed by atoms with Gasteiger partial charge in [0.15, 0.2) is 5.16 Å². The number of nitro groups is 1. The maximum Gasteiger partial charge on any atom is 0.288 e. The summed E-state index contributed by atoms with van der Waals surface area (Å²) in [6, 6.07) is 5.96. The first-order valence-corrected chi connectivity index (χ1v) is 7.43. The summed E-state index contributed by atoms with van der Waals surface area (Å²) < 4.78 is 0. The van der Waals surface area contributed by atoms with Crippen molar-refractivity contribution in [2.45, 2.75) is 11.1 Å². The van der Waals surface area contributed by atoms with E-state index in [9.17, 15) is 14.9 Å². The minimum atomic E-state index is -0.772. The van der Waals surface area contributed by atoms with Gasteiger partial charge in [0.25, 0.3) is 5.69 Å². The first-order chi connectivity index (χ1) is 10.1. The molecule has 21 heavy (non-hydrogen) atoms. The lowest BCUT2D eigenvalue weighted by Gasteiger charge is -2.12. The van der Waals surface area contributed by atoms with Gasteiger partial charge < -0.3 is 4.79 Å². The lowest BCUT2D eigenvalue weighted by atomic mass is 9.96. The Morgan fingerprint density at radius 1 is 1.43 bits per heavy atom. The van der Waals surface area contributed by atoms with E-state index in [-0.39, 0.29) is 10.7 Å². The smallest absolute Gasteiger partial charge is 0.288 e. The van der Waals surface area contributed by atoms with Crippen molar-refractivity contribution >= 4 is 35.3 Å². The fourth-order valence-corrected chi connectivity index (χ4v) is 2.52. The number of aromatic nitrogens is 2. The van der Waals surface area contributed by atoms with Crippen molar-refractivity contribution in [1.82, 2.24) is 9.97 Å². The van der Waals surface area contributed by atoms with Crippen LogP contribution in [0.2, 0.25) is 5.02 Å². The Morgan fingerprint density at radius 2 is 2.19 bits per heavy atom. The molecule has 2 aromatic rings. The van der Waals surface area contributed by atoms with Crippen LogP contribution in [0.4, 0.5) is 5.69 Å². The molecular formula is C13H10ClN3O3S. The van der Waals surface area contributed by atoms with E-state index in [1.54, 1.807) is 12.1 Å². The van der Waals surface area contributed by atoms with Crippen molar-refractivity contribution in [1.29, 1.82) is 0 Å². The van der Waals surface area contributed by atoms with Crippen LogP contribution < -0.4 is 0 Å². The summed E-state index contributed by atoms with van der Waals surface area (Å²) >= 11 is 7.39. The number of thioether (sulfide) groups is 1. The standard InChI is InChI=1S/C13H10ClN3O3S/c1-21-13-15-6-5-10(16-13)9(7-18)8-3-2-4-11(12(8)14)17(19)20/h2-7,9H,1H3. The van der Waals surface area contributed by atoms with Crippen LogP contribution >= 0.6 is 23.4 Å². The summed E-state index contributed by atoms with van der Waals surface area (Å²) in [5.74, 6) is -0.772. The van der Waals surface area contributed by atoms with Crippen LogP contribution in [0, 0.1) is 10.1 Å². The highest BCUT2D eigenvalue weighted by molar-refractivity contribution is 7.98. The van der Waals surface area contributed by atoms with Crippen LogP contribution in [0.3, 0.4) is 0 Å². The zero-order chi connectivity index (χ0) is 15.4. The summed E-state index contributed by atoms with van der Waals surface area (Å²) in [5, 5.41) is 11.4. The number of rotatable bonds is 5. The summed E-state index contributed by atoms with van der Waals surface area (Å²) in [7, 11) is 0. The summed E-state index contributed by atoms with van der Waals surface area (Å²) in [4.78, 5) is 30.1. The molecule has 1 heterocycles. The topological polar surface area (TPSA) is 86.0 Å². The van der Waals surface area contributed by atoms with Crippen LogP contribution in [0.15, 0.2) is 35.6 Å². The van der Waals surface area contributed by atoms with E-state index in [0.717, 1.165) is 0 Å². The fourth-order valence-electron chi connectivity index (χ4n) is 1.85. The number of hydrogen-bond donors (Lipinski definition) is 0. The van der Waals surface area contributed by atoms with Gasteiger partial charge in [-0.05, 0) is 17.9 Å². The number of nitrogens with zero attached hydrogens (tertiary/aromatic N) is 3. The van der Waals surface area contributed by atoms with E-state index >= 15 is 0 Å². The maximum atomic E-state index is 11.4. The highest BCUT2D eigenvalue weighted by atomic mass is 35.5. The zero-order valence-corrected chi connectivity index (χ0v) is 12.5. The first-order valence-electron chi connectivity index (χ1n) is 5.83. The summed E-state index contributed by atoms with van der Waals surface area (Å²) in [6.45, 7) is 0. The molecule has 0 amide bonds. The molecule has 8 heteroatoms. The van der Waals surface area contributed by atoms with Gasteiger partial charge >= 0.3 is 0 Å². The van der Waals surface area contributed by atoms with Crippen molar-refractivity contribution in [2.24, 2.45) is 0 Å². The van der Waals surface area contributed by atoms with Crippen molar-refractivity contribution < 1.29 is 9.72 Å². The number of benzene rings is 1. The molecule has 108 valence electrons. The first kappa shape index (κ1) is 15.4. The average molecular weight is 324 g/mol. The molecule has 0 aliphatic rings. The molecule has 1 atom stereocenters. The molecule has 2 rings (SSSR count). The highest BCUT2D eigenvalue weighted by Crippen LogP contribution is 2.34. The molecular weight excluding hydrogens is 314 g/mol. The number of carbonyl (C=O) groups is 1. The number of hydrogen-bond acceptors (Lipinski definition) is 6. The number of halogens is 1. The van der Waals surface area contributed by atoms with Gasteiger partial charge in [-0.2, -0.15) is 0 Å². The van der Waals surface area contributed by atoms with Crippen molar-refractivity contribution in [2.75, 3.05) is 6.26 Å². The van der Waals surface area contributed by atoms with Gasteiger partial charge in [-0.15, -0.1) is 0 Å². The quantitative estimate of drug-likeness (QED) is 0.276. The molecule has 0 aliphatic heterocycles. The van der Waals surface area contributed by atoms with Gasteiger partial charge in [0, 0.05) is 12.3 Å². The van der Waals surface area contributed by atoms with Gasteiger partial charge in [0.2, 0.25) is 0 Å². The van der Waals surface area contributed by atoms with Gasteiger partial charge in [-0.25, -0.2) is 9.97 Å². The second-order valence-corrected chi connectivity index (χ2v) is 5.17. The normalized spacial score (nSPS) is 11.9. The van der Waals surface area contributed by atoms with Crippen LogP contribution in [-0.2, 0) is 4.79 Å². The molecule has 0 aliphatic carbocycles.